The van der Waals surface area contributed by atoms with Crippen LogP contribution in [0, 0.1) is 15.5 Å². The molecule has 0 spiro atoms. The number of amides is 1. The quantitative estimate of drug-likeness (QED) is 0.475. The second-order valence-electron chi connectivity index (χ2n) is 4.86. The molecule has 0 radical (unpaired) electrons. The van der Waals surface area contributed by atoms with Gasteiger partial charge in [-0.3, -0.25) is 14.9 Å². The summed E-state index contributed by atoms with van der Waals surface area (Å²) in [5.74, 6) is -0.205. The van der Waals surface area contributed by atoms with Crippen molar-refractivity contribution in [2.75, 3.05) is 18.0 Å². The predicted molar refractivity (Wildman–Crippen MR) is 72.5 cm³/mol. The summed E-state index contributed by atoms with van der Waals surface area (Å²) in [5.41, 5.74) is 0.547. The molecule has 0 bridgehead atoms. The van der Waals surface area contributed by atoms with Gasteiger partial charge in [0.2, 0.25) is 12.5 Å². The SMILES string of the molecule is CC=C1CN(c2ccccc2)C(=O)[C@]1(C)C[N+](=O)[O-]. The van der Waals surface area contributed by atoms with Gasteiger partial charge in [0, 0.05) is 17.2 Å². The van der Waals surface area contributed by atoms with Crippen LogP contribution in [0.3, 0.4) is 0 Å². The number of rotatable bonds is 3. The van der Waals surface area contributed by atoms with Crippen molar-refractivity contribution in [2.45, 2.75) is 13.8 Å². The Morgan fingerprint density at radius 1 is 1.42 bits per heavy atom. The lowest BCUT2D eigenvalue weighted by Gasteiger charge is -2.20. The van der Waals surface area contributed by atoms with Gasteiger partial charge in [0.25, 0.3) is 0 Å². The molecule has 1 aromatic carbocycles. The number of carbonyl (C=O) groups is 1. The molecule has 1 heterocycles. The lowest BCUT2D eigenvalue weighted by molar-refractivity contribution is -0.490. The summed E-state index contributed by atoms with van der Waals surface area (Å²) in [7, 11) is 0. The molecule has 0 N–H and O–H groups in total. The Hall–Kier alpha value is -2.17. The Bertz CT molecular complexity index is 539. The minimum absolute atomic E-state index is 0.205. The van der Waals surface area contributed by atoms with E-state index in [0.29, 0.717) is 6.54 Å². The molecule has 100 valence electrons. The van der Waals surface area contributed by atoms with E-state index in [2.05, 4.69) is 0 Å². The van der Waals surface area contributed by atoms with Crippen LogP contribution in [0.15, 0.2) is 42.0 Å². The molecular weight excluding hydrogens is 244 g/mol. The molecule has 1 aliphatic rings. The van der Waals surface area contributed by atoms with Gasteiger partial charge >= 0.3 is 0 Å². The average molecular weight is 260 g/mol. The molecule has 1 amide bonds. The molecule has 1 fully saturated rings. The van der Waals surface area contributed by atoms with Crippen molar-refractivity contribution in [3.8, 4) is 0 Å². The van der Waals surface area contributed by atoms with Crippen LogP contribution in [0.25, 0.3) is 0 Å². The second-order valence-corrected chi connectivity index (χ2v) is 4.86. The van der Waals surface area contributed by atoms with E-state index >= 15 is 0 Å². The summed E-state index contributed by atoms with van der Waals surface area (Å²) < 4.78 is 0. The van der Waals surface area contributed by atoms with E-state index in [1.807, 2.05) is 43.3 Å². The van der Waals surface area contributed by atoms with Gasteiger partial charge in [-0.15, -0.1) is 0 Å². The van der Waals surface area contributed by atoms with E-state index < -0.39 is 10.3 Å². The first-order valence-corrected chi connectivity index (χ1v) is 6.13. The van der Waals surface area contributed by atoms with E-state index in [1.54, 1.807) is 11.8 Å². The van der Waals surface area contributed by atoms with Gasteiger partial charge in [0.1, 0.15) is 5.41 Å². The molecule has 19 heavy (non-hydrogen) atoms. The number of benzene rings is 1. The third kappa shape index (κ3) is 2.23. The molecule has 5 nitrogen and oxygen atoms in total. The number of hydrogen-bond donors (Lipinski definition) is 0. The highest BCUT2D eigenvalue weighted by Gasteiger charge is 2.50. The van der Waals surface area contributed by atoms with E-state index in [1.165, 1.54) is 0 Å². The molecule has 5 heteroatoms. The van der Waals surface area contributed by atoms with Gasteiger partial charge in [0.05, 0.1) is 0 Å². The number of nitrogens with zero attached hydrogens (tertiary/aromatic N) is 2. The molecule has 2 rings (SSSR count). The maximum atomic E-state index is 12.5. The van der Waals surface area contributed by atoms with Gasteiger partial charge in [-0.05, 0) is 31.6 Å². The topological polar surface area (TPSA) is 63.5 Å². The first-order chi connectivity index (χ1) is 8.99. The Balaban J connectivity index is 2.39. The van der Waals surface area contributed by atoms with Gasteiger partial charge < -0.3 is 4.90 Å². The first-order valence-electron chi connectivity index (χ1n) is 6.13. The number of allylic oxidation sites excluding steroid dienone is 1. The van der Waals surface area contributed by atoms with Crippen LogP contribution in [0.5, 0.6) is 0 Å². The van der Waals surface area contributed by atoms with Crippen LogP contribution in [-0.4, -0.2) is 23.9 Å². The molecule has 1 aromatic rings. The molecule has 0 saturated carbocycles. The fourth-order valence-electron chi connectivity index (χ4n) is 2.51. The molecule has 0 aromatic heterocycles. The molecule has 0 aliphatic carbocycles. The third-order valence-corrected chi connectivity index (χ3v) is 3.62. The largest absolute Gasteiger partial charge is 0.307 e. The molecule has 1 aliphatic heterocycles. The maximum Gasteiger partial charge on any atom is 0.244 e. The number of carbonyl (C=O) groups excluding carboxylic acids is 1. The lowest BCUT2D eigenvalue weighted by atomic mass is 9.84. The van der Waals surface area contributed by atoms with E-state index in [-0.39, 0.29) is 12.5 Å². The number of hydrogen-bond acceptors (Lipinski definition) is 3. The summed E-state index contributed by atoms with van der Waals surface area (Å²) in [4.78, 5) is 24.5. The smallest absolute Gasteiger partial charge is 0.244 e. The van der Waals surface area contributed by atoms with Crippen LogP contribution in [-0.2, 0) is 4.79 Å². The van der Waals surface area contributed by atoms with E-state index in [9.17, 15) is 14.9 Å². The second kappa shape index (κ2) is 4.84. The highest BCUT2D eigenvalue weighted by atomic mass is 16.6. The lowest BCUT2D eigenvalue weighted by Crippen LogP contribution is -2.37. The summed E-state index contributed by atoms with van der Waals surface area (Å²) in [6.45, 7) is 3.52. The van der Waals surface area contributed by atoms with Gasteiger partial charge in [-0.25, -0.2) is 0 Å². The van der Waals surface area contributed by atoms with Crippen molar-refractivity contribution in [1.82, 2.24) is 0 Å². The Labute approximate surface area is 111 Å². The zero-order valence-corrected chi connectivity index (χ0v) is 11.0. The van der Waals surface area contributed by atoms with E-state index in [0.717, 1.165) is 11.3 Å². The van der Waals surface area contributed by atoms with Crippen molar-refractivity contribution in [3.05, 3.63) is 52.1 Å². The van der Waals surface area contributed by atoms with E-state index in [4.69, 9.17) is 0 Å². The number of para-hydroxylation sites is 1. The Morgan fingerprint density at radius 2 is 2.05 bits per heavy atom. The average Bonchev–Trinajstić information content (AvgIpc) is 2.62. The minimum Gasteiger partial charge on any atom is -0.307 e. The molecule has 1 atom stereocenters. The maximum absolute atomic E-state index is 12.5. The molecular formula is C14H16N2O3. The standard InChI is InChI=1S/C14H16N2O3/c1-3-11-9-15(12-7-5-4-6-8-12)13(17)14(11,2)10-16(18)19/h3-8H,9-10H2,1-2H3/t14-/m1/s1. The van der Waals surface area contributed by atoms with Crippen molar-refractivity contribution < 1.29 is 9.72 Å². The zero-order chi connectivity index (χ0) is 14.0. The minimum atomic E-state index is -1.03. The van der Waals surface area contributed by atoms with Crippen LogP contribution in [0.2, 0.25) is 0 Å². The summed E-state index contributed by atoms with van der Waals surface area (Å²) in [6, 6.07) is 9.24. The fraction of sp³-hybridized carbons (Fsp3) is 0.357. The highest BCUT2D eigenvalue weighted by molar-refractivity contribution is 6.03. The van der Waals surface area contributed by atoms with Crippen LogP contribution in [0.4, 0.5) is 5.69 Å². The van der Waals surface area contributed by atoms with Crippen molar-refractivity contribution in [1.29, 1.82) is 0 Å². The van der Waals surface area contributed by atoms with Crippen LogP contribution in [0.1, 0.15) is 13.8 Å². The fourth-order valence-corrected chi connectivity index (χ4v) is 2.51. The normalized spacial score (nSPS) is 25.1. The van der Waals surface area contributed by atoms with Gasteiger partial charge in [-0.1, -0.05) is 24.3 Å². The number of nitro groups is 1. The Kier molecular flexibility index (Phi) is 3.38. The highest BCUT2D eigenvalue weighted by Crippen LogP contribution is 2.39. The summed E-state index contributed by atoms with van der Waals surface area (Å²) in [5, 5.41) is 10.8. The monoisotopic (exact) mass is 260 g/mol. The zero-order valence-electron chi connectivity index (χ0n) is 11.0. The van der Waals surface area contributed by atoms with Crippen molar-refractivity contribution >= 4 is 11.6 Å². The predicted octanol–water partition coefficient (Wildman–Crippen LogP) is 2.26. The van der Waals surface area contributed by atoms with Gasteiger partial charge in [0.15, 0.2) is 0 Å². The third-order valence-electron chi connectivity index (χ3n) is 3.62. The Morgan fingerprint density at radius 3 is 2.58 bits per heavy atom. The summed E-state index contributed by atoms with van der Waals surface area (Å²) in [6.07, 6.45) is 1.81. The molecule has 1 saturated heterocycles. The first kappa shape index (κ1) is 13.3. The van der Waals surface area contributed by atoms with Crippen LogP contribution >= 0.6 is 0 Å². The number of anilines is 1. The summed E-state index contributed by atoms with van der Waals surface area (Å²) >= 11 is 0. The van der Waals surface area contributed by atoms with Crippen molar-refractivity contribution in [2.24, 2.45) is 5.41 Å². The van der Waals surface area contributed by atoms with Crippen LogP contribution < -0.4 is 4.90 Å². The molecule has 0 unspecified atom stereocenters. The van der Waals surface area contributed by atoms with Gasteiger partial charge in [-0.2, -0.15) is 0 Å². The van der Waals surface area contributed by atoms with Crippen molar-refractivity contribution in [3.63, 3.8) is 0 Å².